The van der Waals surface area contributed by atoms with Crippen LogP contribution in [0.3, 0.4) is 0 Å². The summed E-state index contributed by atoms with van der Waals surface area (Å²) in [5.74, 6) is 0.0677. The van der Waals surface area contributed by atoms with Gasteiger partial charge >= 0.3 is 0 Å². The molecule has 1 rings (SSSR count). The van der Waals surface area contributed by atoms with Crippen LogP contribution < -0.4 is 21.9 Å². The minimum atomic E-state index is -0.0431. The summed E-state index contributed by atoms with van der Waals surface area (Å²) in [6, 6.07) is 0. The first-order valence-corrected chi connectivity index (χ1v) is 5.07. The van der Waals surface area contributed by atoms with Gasteiger partial charge < -0.3 is 11.1 Å². The number of amides is 1. The predicted molar refractivity (Wildman–Crippen MR) is 61.1 cm³/mol. The highest BCUT2D eigenvalue weighted by molar-refractivity contribution is 7.80. The molecular weight excluding hydrogens is 220 g/mol. The number of nitrogens with one attached hydrogen (secondary N) is 3. The van der Waals surface area contributed by atoms with E-state index >= 15 is 0 Å². The summed E-state index contributed by atoms with van der Waals surface area (Å²) < 4.78 is 0. The van der Waals surface area contributed by atoms with Gasteiger partial charge in [0.15, 0.2) is 10.2 Å². The molecule has 5 N–H and O–H groups in total. The Hall–Kier alpha value is -0.950. The monoisotopic (exact) mass is 232 g/mol. The van der Waals surface area contributed by atoms with Crippen LogP contribution in [0.4, 0.5) is 0 Å². The second-order valence-electron chi connectivity index (χ2n) is 3.06. The van der Waals surface area contributed by atoms with Crippen LogP contribution in [0.25, 0.3) is 0 Å². The zero-order valence-electron chi connectivity index (χ0n) is 7.50. The largest absolute Gasteiger partial charge is 0.375 e. The summed E-state index contributed by atoms with van der Waals surface area (Å²) >= 11 is 9.36. The summed E-state index contributed by atoms with van der Waals surface area (Å²) in [6.45, 7) is 0. The lowest BCUT2D eigenvalue weighted by Gasteiger charge is -2.24. The first kappa shape index (κ1) is 11.1. The molecule has 0 aromatic carbocycles. The van der Waals surface area contributed by atoms with E-state index in [2.05, 4.69) is 28.4 Å². The number of thiocarbonyl (C=S) groups is 2. The summed E-state index contributed by atoms with van der Waals surface area (Å²) in [4.78, 5) is 11.3. The van der Waals surface area contributed by atoms with E-state index in [-0.39, 0.29) is 22.0 Å². The van der Waals surface area contributed by atoms with E-state index in [1.807, 2.05) is 0 Å². The second-order valence-corrected chi connectivity index (χ2v) is 3.91. The summed E-state index contributed by atoms with van der Waals surface area (Å²) in [5.41, 5.74) is 10.1. The summed E-state index contributed by atoms with van der Waals surface area (Å²) in [5, 5.41) is 2.80. The first-order valence-electron chi connectivity index (χ1n) is 4.26. The minimum absolute atomic E-state index is 0.0431. The molecule has 0 heterocycles. The fraction of sp³-hybridized carbons (Fsp3) is 0.571. The Balaban J connectivity index is 2.18. The maximum Gasteiger partial charge on any atom is 0.229 e. The van der Waals surface area contributed by atoms with Crippen molar-refractivity contribution in [3.8, 4) is 0 Å². The molecule has 1 aliphatic carbocycles. The van der Waals surface area contributed by atoms with Crippen LogP contribution in [0.5, 0.6) is 0 Å². The van der Waals surface area contributed by atoms with E-state index in [9.17, 15) is 4.79 Å². The third-order valence-electron chi connectivity index (χ3n) is 2.01. The molecule has 0 radical (unpaired) electrons. The van der Waals surface area contributed by atoms with Gasteiger partial charge in [-0.1, -0.05) is 6.42 Å². The Kier molecular flexibility index (Phi) is 4.02. The number of hydrogen-bond acceptors (Lipinski definition) is 3. The molecule has 1 fully saturated rings. The van der Waals surface area contributed by atoms with Crippen LogP contribution in [0.1, 0.15) is 19.3 Å². The van der Waals surface area contributed by atoms with Crippen molar-refractivity contribution in [2.45, 2.75) is 19.3 Å². The highest BCUT2D eigenvalue weighted by Gasteiger charge is 2.25. The third kappa shape index (κ3) is 3.43. The molecule has 0 aromatic rings. The molecule has 0 aliphatic heterocycles. The second kappa shape index (κ2) is 5.06. The van der Waals surface area contributed by atoms with E-state index in [4.69, 9.17) is 18.0 Å². The predicted octanol–water partition coefficient (Wildman–Crippen LogP) is -0.475. The molecule has 0 spiro atoms. The molecule has 0 unspecified atom stereocenters. The average molecular weight is 232 g/mol. The van der Waals surface area contributed by atoms with Gasteiger partial charge in [-0.2, -0.15) is 0 Å². The van der Waals surface area contributed by atoms with Crippen molar-refractivity contribution < 1.29 is 4.79 Å². The van der Waals surface area contributed by atoms with Gasteiger partial charge in [0.05, 0.1) is 0 Å². The Labute approximate surface area is 92.8 Å². The molecule has 1 amide bonds. The molecule has 0 saturated heterocycles. The summed E-state index contributed by atoms with van der Waals surface area (Å²) in [7, 11) is 0. The molecule has 0 bridgehead atoms. The van der Waals surface area contributed by atoms with Crippen molar-refractivity contribution >= 4 is 40.6 Å². The Morgan fingerprint density at radius 2 is 1.93 bits per heavy atom. The normalized spacial score (nSPS) is 15.1. The van der Waals surface area contributed by atoms with Crippen LogP contribution in [-0.2, 0) is 4.79 Å². The molecular formula is C7H12N4OS2. The van der Waals surface area contributed by atoms with Crippen molar-refractivity contribution in [2.24, 2.45) is 11.7 Å². The maximum absolute atomic E-state index is 11.3. The molecule has 7 heteroatoms. The Bertz CT molecular complexity index is 264. The van der Waals surface area contributed by atoms with Gasteiger partial charge in [0, 0.05) is 5.92 Å². The van der Waals surface area contributed by atoms with Crippen molar-refractivity contribution in [3.63, 3.8) is 0 Å². The van der Waals surface area contributed by atoms with Crippen molar-refractivity contribution in [1.82, 2.24) is 16.2 Å². The SMILES string of the molecule is NC(=S)NNC(=S)NC(=O)C1CCC1. The average Bonchev–Trinajstić information content (AvgIpc) is 1.97. The first-order chi connectivity index (χ1) is 6.59. The van der Waals surface area contributed by atoms with Crippen molar-refractivity contribution in [1.29, 1.82) is 0 Å². The molecule has 5 nitrogen and oxygen atoms in total. The fourth-order valence-electron chi connectivity index (χ4n) is 1.03. The quantitative estimate of drug-likeness (QED) is 0.361. The van der Waals surface area contributed by atoms with Gasteiger partial charge in [0.1, 0.15) is 0 Å². The third-order valence-corrected chi connectivity index (χ3v) is 2.32. The maximum atomic E-state index is 11.3. The Morgan fingerprint density at radius 3 is 2.36 bits per heavy atom. The van der Waals surface area contributed by atoms with Crippen LogP contribution in [-0.4, -0.2) is 16.1 Å². The number of carbonyl (C=O) groups is 1. The smallest absolute Gasteiger partial charge is 0.229 e. The standard InChI is InChI=1S/C7H12N4OS2/c8-6(13)10-11-7(14)9-5(12)4-2-1-3-4/h4H,1-3H2,(H3,8,10,13)(H2,9,11,12,14). The highest BCUT2D eigenvalue weighted by Crippen LogP contribution is 2.25. The minimum Gasteiger partial charge on any atom is -0.375 e. The van der Waals surface area contributed by atoms with E-state index in [1.54, 1.807) is 0 Å². The van der Waals surface area contributed by atoms with E-state index in [0.29, 0.717) is 0 Å². The fourth-order valence-corrected chi connectivity index (χ4v) is 1.24. The van der Waals surface area contributed by atoms with Gasteiger partial charge in [-0.3, -0.25) is 15.6 Å². The highest BCUT2D eigenvalue weighted by atomic mass is 32.1. The summed E-state index contributed by atoms with van der Waals surface area (Å²) in [6.07, 6.45) is 3.00. The molecule has 78 valence electrons. The van der Waals surface area contributed by atoms with Crippen LogP contribution in [0.15, 0.2) is 0 Å². The number of nitrogens with two attached hydrogens (primary N) is 1. The van der Waals surface area contributed by atoms with E-state index in [1.165, 1.54) is 0 Å². The topological polar surface area (TPSA) is 79.2 Å². The van der Waals surface area contributed by atoms with E-state index < -0.39 is 0 Å². The van der Waals surface area contributed by atoms with Crippen molar-refractivity contribution in [2.75, 3.05) is 0 Å². The van der Waals surface area contributed by atoms with Crippen LogP contribution in [0, 0.1) is 5.92 Å². The number of hydrogen-bond donors (Lipinski definition) is 4. The van der Waals surface area contributed by atoms with Gasteiger partial charge in [-0.05, 0) is 37.3 Å². The molecule has 1 aliphatic rings. The van der Waals surface area contributed by atoms with Crippen LogP contribution in [0.2, 0.25) is 0 Å². The van der Waals surface area contributed by atoms with Crippen molar-refractivity contribution in [3.05, 3.63) is 0 Å². The van der Waals surface area contributed by atoms with Gasteiger partial charge in [0.25, 0.3) is 0 Å². The zero-order chi connectivity index (χ0) is 10.6. The lowest BCUT2D eigenvalue weighted by molar-refractivity contribution is -0.125. The lowest BCUT2D eigenvalue weighted by atomic mass is 9.85. The zero-order valence-corrected chi connectivity index (χ0v) is 9.13. The molecule has 0 aromatic heterocycles. The van der Waals surface area contributed by atoms with E-state index in [0.717, 1.165) is 19.3 Å². The van der Waals surface area contributed by atoms with Gasteiger partial charge in [-0.25, -0.2) is 0 Å². The molecule has 0 atom stereocenters. The Morgan fingerprint density at radius 1 is 1.29 bits per heavy atom. The van der Waals surface area contributed by atoms with Crippen LogP contribution >= 0.6 is 24.4 Å². The lowest BCUT2D eigenvalue weighted by Crippen LogP contribution is -2.51. The van der Waals surface area contributed by atoms with Gasteiger partial charge in [-0.15, -0.1) is 0 Å². The number of hydrazine groups is 1. The number of carbonyl (C=O) groups excluding carboxylic acids is 1. The molecule has 1 saturated carbocycles. The number of rotatable bonds is 1. The molecule has 14 heavy (non-hydrogen) atoms. The van der Waals surface area contributed by atoms with Gasteiger partial charge in [0.2, 0.25) is 5.91 Å².